The standard InChI is InChI=1S/C9H11F3N2O/c1-6-4-8(7(2)9(10,11)12)13-14(6)5-15-3/h4H,2,5H2,1,3H3. The van der Waals surface area contributed by atoms with Gasteiger partial charge in [0.05, 0.1) is 11.3 Å². The molecule has 0 spiro atoms. The van der Waals surface area contributed by atoms with Crippen molar-refractivity contribution in [3.05, 3.63) is 24.0 Å². The van der Waals surface area contributed by atoms with E-state index < -0.39 is 11.7 Å². The first-order valence-electron chi connectivity index (χ1n) is 4.16. The van der Waals surface area contributed by atoms with Crippen molar-refractivity contribution in [1.82, 2.24) is 9.78 Å². The van der Waals surface area contributed by atoms with Gasteiger partial charge in [-0.1, -0.05) is 6.58 Å². The molecule has 0 aliphatic heterocycles. The van der Waals surface area contributed by atoms with E-state index in [1.165, 1.54) is 17.9 Å². The van der Waals surface area contributed by atoms with Gasteiger partial charge in [-0.05, 0) is 13.0 Å². The van der Waals surface area contributed by atoms with Crippen molar-refractivity contribution in [3.8, 4) is 0 Å². The second-order valence-corrected chi connectivity index (χ2v) is 3.06. The lowest BCUT2D eigenvalue weighted by Crippen LogP contribution is -2.11. The van der Waals surface area contributed by atoms with Gasteiger partial charge in [0.1, 0.15) is 6.73 Å². The minimum absolute atomic E-state index is 0.122. The number of hydrogen-bond donors (Lipinski definition) is 0. The van der Waals surface area contributed by atoms with Gasteiger partial charge >= 0.3 is 6.18 Å². The summed E-state index contributed by atoms with van der Waals surface area (Å²) >= 11 is 0. The van der Waals surface area contributed by atoms with Crippen LogP contribution in [0.25, 0.3) is 5.57 Å². The van der Waals surface area contributed by atoms with Crippen LogP contribution < -0.4 is 0 Å². The van der Waals surface area contributed by atoms with Crippen LogP contribution in [0.3, 0.4) is 0 Å². The van der Waals surface area contributed by atoms with Crippen molar-refractivity contribution in [3.63, 3.8) is 0 Å². The predicted octanol–water partition coefficient (Wildman–Crippen LogP) is 2.37. The molecular formula is C9H11F3N2O. The maximum absolute atomic E-state index is 12.3. The van der Waals surface area contributed by atoms with E-state index >= 15 is 0 Å². The fourth-order valence-electron chi connectivity index (χ4n) is 1.06. The van der Waals surface area contributed by atoms with E-state index in [1.807, 2.05) is 0 Å². The van der Waals surface area contributed by atoms with Crippen LogP contribution in [0.4, 0.5) is 13.2 Å². The van der Waals surface area contributed by atoms with Gasteiger partial charge in [-0.15, -0.1) is 0 Å². The van der Waals surface area contributed by atoms with Crippen LogP contribution in [0.5, 0.6) is 0 Å². The molecule has 1 aromatic rings. The highest BCUT2D eigenvalue weighted by Gasteiger charge is 2.34. The average Bonchev–Trinajstić information content (AvgIpc) is 2.46. The van der Waals surface area contributed by atoms with Crippen molar-refractivity contribution in [1.29, 1.82) is 0 Å². The molecule has 0 fully saturated rings. The molecule has 0 atom stereocenters. The van der Waals surface area contributed by atoms with Gasteiger partial charge in [0.15, 0.2) is 0 Å². The molecule has 0 unspecified atom stereocenters. The average molecular weight is 220 g/mol. The Morgan fingerprint density at radius 3 is 2.67 bits per heavy atom. The highest BCUT2D eigenvalue weighted by molar-refractivity contribution is 5.64. The fourth-order valence-corrected chi connectivity index (χ4v) is 1.06. The Hall–Kier alpha value is -1.30. The number of nitrogens with zero attached hydrogens (tertiary/aromatic N) is 2. The van der Waals surface area contributed by atoms with Gasteiger partial charge < -0.3 is 4.74 Å². The van der Waals surface area contributed by atoms with Crippen LogP contribution >= 0.6 is 0 Å². The Bertz CT molecular complexity index is 368. The lowest BCUT2D eigenvalue weighted by atomic mass is 10.2. The largest absolute Gasteiger partial charge is 0.417 e. The van der Waals surface area contributed by atoms with Crippen molar-refractivity contribution in [2.24, 2.45) is 0 Å². The van der Waals surface area contributed by atoms with Gasteiger partial charge in [-0.2, -0.15) is 18.3 Å². The third-order valence-electron chi connectivity index (χ3n) is 1.88. The van der Waals surface area contributed by atoms with E-state index in [-0.39, 0.29) is 12.4 Å². The molecule has 3 nitrogen and oxygen atoms in total. The Labute approximate surface area is 85.1 Å². The van der Waals surface area contributed by atoms with Crippen LogP contribution in [-0.2, 0) is 11.5 Å². The first-order chi connectivity index (χ1) is 6.86. The summed E-state index contributed by atoms with van der Waals surface area (Å²) in [6.45, 7) is 4.74. The highest BCUT2D eigenvalue weighted by atomic mass is 19.4. The van der Waals surface area contributed by atoms with Crippen LogP contribution in [0.1, 0.15) is 11.4 Å². The van der Waals surface area contributed by atoms with Gasteiger partial charge in [0.2, 0.25) is 0 Å². The zero-order chi connectivity index (χ0) is 11.6. The maximum atomic E-state index is 12.3. The monoisotopic (exact) mass is 220 g/mol. The fraction of sp³-hybridized carbons (Fsp3) is 0.444. The van der Waals surface area contributed by atoms with E-state index in [9.17, 15) is 13.2 Å². The second-order valence-electron chi connectivity index (χ2n) is 3.06. The Morgan fingerprint density at radius 1 is 1.60 bits per heavy atom. The van der Waals surface area contributed by atoms with Crippen molar-refractivity contribution in [2.45, 2.75) is 19.8 Å². The summed E-state index contributed by atoms with van der Waals surface area (Å²) in [7, 11) is 1.44. The first-order valence-corrected chi connectivity index (χ1v) is 4.16. The van der Waals surface area contributed by atoms with E-state index in [1.54, 1.807) is 6.92 Å². The lowest BCUT2D eigenvalue weighted by molar-refractivity contribution is -0.0689. The van der Waals surface area contributed by atoms with E-state index in [4.69, 9.17) is 4.74 Å². The predicted molar refractivity (Wildman–Crippen MR) is 49.1 cm³/mol. The number of hydrogen-bond acceptors (Lipinski definition) is 2. The molecule has 6 heteroatoms. The summed E-state index contributed by atoms with van der Waals surface area (Å²) in [4.78, 5) is 0. The number of ether oxygens (including phenoxy) is 1. The highest BCUT2D eigenvalue weighted by Crippen LogP contribution is 2.31. The smallest absolute Gasteiger partial charge is 0.362 e. The molecule has 0 amide bonds. The van der Waals surface area contributed by atoms with Crippen LogP contribution in [-0.4, -0.2) is 23.1 Å². The third-order valence-corrected chi connectivity index (χ3v) is 1.88. The molecule has 1 aromatic heterocycles. The molecule has 1 heterocycles. The quantitative estimate of drug-likeness (QED) is 0.781. The summed E-state index contributed by atoms with van der Waals surface area (Å²) in [6.07, 6.45) is -4.45. The summed E-state index contributed by atoms with van der Waals surface area (Å²) in [6, 6.07) is 1.33. The SMILES string of the molecule is C=C(c1cc(C)n(COC)n1)C(F)(F)F. The zero-order valence-electron chi connectivity index (χ0n) is 8.43. The number of alkyl halides is 3. The second kappa shape index (κ2) is 4.06. The molecule has 0 radical (unpaired) electrons. The van der Waals surface area contributed by atoms with Crippen molar-refractivity contribution >= 4 is 5.57 Å². The molecule has 0 aromatic carbocycles. The Balaban J connectivity index is 2.97. The third kappa shape index (κ3) is 2.59. The maximum Gasteiger partial charge on any atom is 0.417 e. The minimum Gasteiger partial charge on any atom is -0.362 e. The van der Waals surface area contributed by atoms with E-state index in [0.29, 0.717) is 5.69 Å². The Kier molecular flexibility index (Phi) is 3.18. The molecule has 0 aliphatic rings. The van der Waals surface area contributed by atoms with Crippen molar-refractivity contribution in [2.75, 3.05) is 7.11 Å². The molecule has 1 rings (SSSR count). The zero-order valence-corrected chi connectivity index (χ0v) is 8.43. The topological polar surface area (TPSA) is 27.1 Å². The molecule has 15 heavy (non-hydrogen) atoms. The molecule has 0 saturated carbocycles. The summed E-state index contributed by atoms with van der Waals surface area (Å²) < 4.78 is 43.0. The number of rotatable bonds is 3. The van der Waals surface area contributed by atoms with Gasteiger partial charge in [-0.25, -0.2) is 4.68 Å². The molecule has 0 saturated heterocycles. The molecule has 84 valence electrons. The summed E-state index contributed by atoms with van der Waals surface area (Å²) in [5, 5.41) is 3.74. The van der Waals surface area contributed by atoms with E-state index in [2.05, 4.69) is 11.7 Å². The number of methoxy groups -OCH3 is 1. The van der Waals surface area contributed by atoms with Crippen LogP contribution in [0.2, 0.25) is 0 Å². The van der Waals surface area contributed by atoms with Gasteiger partial charge in [0, 0.05) is 12.8 Å². The minimum atomic E-state index is -4.45. The van der Waals surface area contributed by atoms with E-state index in [0.717, 1.165) is 0 Å². The normalized spacial score (nSPS) is 11.8. The Morgan fingerprint density at radius 2 is 2.20 bits per heavy atom. The number of halogens is 3. The molecule has 0 aliphatic carbocycles. The molecule has 0 bridgehead atoms. The van der Waals surface area contributed by atoms with Gasteiger partial charge in [0.25, 0.3) is 0 Å². The molecule has 0 N–H and O–H groups in total. The first kappa shape index (κ1) is 11.8. The lowest BCUT2D eigenvalue weighted by Gasteiger charge is -2.06. The van der Waals surface area contributed by atoms with Crippen LogP contribution in [0.15, 0.2) is 12.6 Å². The number of allylic oxidation sites excluding steroid dienone is 1. The summed E-state index contributed by atoms with van der Waals surface area (Å²) in [5.74, 6) is 0. The number of aromatic nitrogens is 2. The van der Waals surface area contributed by atoms with Crippen molar-refractivity contribution < 1.29 is 17.9 Å². The molecular weight excluding hydrogens is 209 g/mol. The summed E-state index contributed by atoms with van der Waals surface area (Å²) in [5.41, 5.74) is -0.519. The van der Waals surface area contributed by atoms with Gasteiger partial charge in [-0.3, -0.25) is 0 Å². The van der Waals surface area contributed by atoms with Crippen LogP contribution in [0, 0.1) is 6.92 Å². The number of aryl methyl sites for hydroxylation is 1.